The third-order valence-electron chi connectivity index (χ3n) is 5.49. The summed E-state index contributed by atoms with van der Waals surface area (Å²) in [4.78, 5) is 42.1. The van der Waals surface area contributed by atoms with Crippen LogP contribution in [0.3, 0.4) is 0 Å². The first-order valence-corrected chi connectivity index (χ1v) is 11.4. The number of fused-ring (bicyclic) bond motifs is 1. The molecule has 0 saturated carbocycles. The SMILES string of the molecule is COc1ccc2cc(C)cc(NC(=O)c3cnc(N4CCN(C(=O)OC(C)(C)C)CC4)cn3)c2n1. The highest BCUT2D eigenvalue weighted by Gasteiger charge is 2.26. The van der Waals surface area contributed by atoms with E-state index in [1.165, 1.54) is 6.20 Å². The molecule has 35 heavy (non-hydrogen) atoms. The molecule has 1 fully saturated rings. The van der Waals surface area contributed by atoms with Crippen LogP contribution in [0.2, 0.25) is 0 Å². The molecule has 0 bridgehead atoms. The Balaban J connectivity index is 1.42. The van der Waals surface area contributed by atoms with Crippen molar-refractivity contribution in [3.63, 3.8) is 0 Å². The van der Waals surface area contributed by atoms with Gasteiger partial charge in [0, 0.05) is 37.6 Å². The molecule has 0 radical (unpaired) electrons. The summed E-state index contributed by atoms with van der Waals surface area (Å²) in [5.41, 5.74) is 1.87. The standard InChI is InChI=1S/C25H30N6O4/c1-16-12-17-6-7-21(34-5)29-22(17)18(13-16)28-23(32)19-14-27-20(15-26-19)30-8-10-31(11-9-30)24(33)35-25(2,3)4/h6-7,12-15H,8-11H2,1-5H3,(H,28,32). The Hall–Kier alpha value is -3.95. The lowest BCUT2D eigenvalue weighted by molar-refractivity contribution is 0.0240. The van der Waals surface area contributed by atoms with Crippen LogP contribution in [0.5, 0.6) is 5.88 Å². The maximum Gasteiger partial charge on any atom is 0.410 e. The minimum absolute atomic E-state index is 0.193. The Bertz CT molecular complexity index is 1230. The van der Waals surface area contributed by atoms with Gasteiger partial charge in [0.15, 0.2) is 0 Å². The van der Waals surface area contributed by atoms with Crippen molar-refractivity contribution >= 4 is 34.4 Å². The van der Waals surface area contributed by atoms with Gasteiger partial charge in [0.1, 0.15) is 17.1 Å². The first-order chi connectivity index (χ1) is 16.6. The van der Waals surface area contributed by atoms with E-state index in [2.05, 4.69) is 20.3 Å². The van der Waals surface area contributed by atoms with E-state index in [4.69, 9.17) is 9.47 Å². The van der Waals surface area contributed by atoms with Crippen LogP contribution in [0, 0.1) is 6.92 Å². The predicted octanol–water partition coefficient (Wildman–Crippen LogP) is 3.65. The van der Waals surface area contributed by atoms with Crippen LogP contribution >= 0.6 is 0 Å². The molecule has 0 aliphatic carbocycles. The van der Waals surface area contributed by atoms with Crippen molar-refractivity contribution < 1.29 is 19.1 Å². The fourth-order valence-electron chi connectivity index (χ4n) is 3.81. The number of hydrogen-bond acceptors (Lipinski definition) is 8. The summed E-state index contributed by atoms with van der Waals surface area (Å²) in [7, 11) is 1.55. The third kappa shape index (κ3) is 5.76. The molecular formula is C25H30N6O4. The normalized spacial score (nSPS) is 14.1. The molecule has 1 aliphatic rings. The number of aryl methyl sites for hydroxylation is 1. The summed E-state index contributed by atoms with van der Waals surface area (Å²) in [5, 5.41) is 3.79. The highest BCUT2D eigenvalue weighted by molar-refractivity contribution is 6.07. The minimum Gasteiger partial charge on any atom is -0.481 e. The molecule has 10 nitrogen and oxygen atoms in total. The zero-order chi connectivity index (χ0) is 25.2. The van der Waals surface area contributed by atoms with Gasteiger partial charge in [-0.2, -0.15) is 0 Å². The molecule has 184 valence electrons. The van der Waals surface area contributed by atoms with Gasteiger partial charge in [-0.25, -0.2) is 19.7 Å². The van der Waals surface area contributed by atoms with Gasteiger partial charge < -0.3 is 24.6 Å². The quantitative estimate of drug-likeness (QED) is 0.605. The summed E-state index contributed by atoms with van der Waals surface area (Å²) >= 11 is 0. The molecule has 1 aromatic carbocycles. The lowest BCUT2D eigenvalue weighted by Crippen LogP contribution is -2.50. The van der Waals surface area contributed by atoms with Crippen molar-refractivity contribution in [2.24, 2.45) is 0 Å². The smallest absolute Gasteiger partial charge is 0.410 e. The number of carbonyl (C=O) groups excluding carboxylic acids is 2. The predicted molar refractivity (Wildman–Crippen MR) is 133 cm³/mol. The molecule has 3 aromatic rings. The second-order valence-corrected chi connectivity index (χ2v) is 9.41. The average Bonchev–Trinajstić information content (AvgIpc) is 2.83. The van der Waals surface area contributed by atoms with Gasteiger partial charge in [-0.1, -0.05) is 0 Å². The van der Waals surface area contributed by atoms with E-state index in [0.29, 0.717) is 49.1 Å². The fourth-order valence-corrected chi connectivity index (χ4v) is 3.81. The number of aromatic nitrogens is 3. The summed E-state index contributed by atoms with van der Waals surface area (Å²) in [5.74, 6) is 0.737. The first-order valence-electron chi connectivity index (χ1n) is 11.4. The number of piperazine rings is 1. The molecule has 1 aliphatic heterocycles. The zero-order valence-corrected chi connectivity index (χ0v) is 20.7. The van der Waals surface area contributed by atoms with E-state index in [9.17, 15) is 9.59 Å². The van der Waals surface area contributed by atoms with Crippen LogP contribution in [0.15, 0.2) is 36.7 Å². The number of benzene rings is 1. The van der Waals surface area contributed by atoms with Gasteiger partial charge in [-0.05, 0) is 51.5 Å². The fraction of sp³-hybridized carbons (Fsp3) is 0.400. The summed E-state index contributed by atoms with van der Waals surface area (Å²) < 4.78 is 10.7. The molecule has 0 unspecified atom stereocenters. The van der Waals surface area contributed by atoms with Gasteiger partial charge >= 0.3 is 6.09 Å². The second-order valence-electron chi connectivity index (χ2n) is 9.41. The number of carbonyl (C=O) groups is 2. The van der Waals surface area contributed by atoms with E-state index < -0.39 is 5.60 Å². The van der Waals surface area contributed by atoms with E-state index in [1.54, 1.807) is 24.3 Å². The van der Waals surface area contributed by atoms with E-state index in [-0.39, 0.29) is 17.7 Å². The average molecular weight is 479 g/mol. The Morgan fingerprint density at radius 3 is 2.40 bits per heavy atom. The Morgan fingerprint density at radius 1 is 1.03 bits per heavy atom. The monoisotopic (exact) mass is 478 g/mol. The van der Waals surface area contributed by atoms with Crippen LogP contribution in [0.25, 0.3) is 10.9 Å². The van der Waals surface area contributed by atoms with Crippen LogP contribution in [0.1, 0.15) is 36.8 Å². The topological polar surface area (TPSA) is 110 Å². The number of rotatable bonds is 4. The van der Waals surface area contributed by atoms with Crippen molar-refractivity contribution in [1.82, 2.24) is 19.9 Å². The molecule has 1 N–H and O–H groups in total. The number of nitrogens with zero attached hydrogens (tertiary/aromatic N) is 5. The van der Waals surface area contributed by atoms with Crippen LogP contribution in [0.4, 0.5) is 16.3 Å². The highest BCUT2D eigenvalue weighted by Crippen LogP contribution is 2.26. The minimum atomic E-state index is -0.525. The molecule has 2 aromatic heterocycles. The number of anilines is 2. The Labute approximate surface area is 204 Å². The lowest BCUT2D eigenvalue weighted by Gasteiger charge is -2.36. The third-order valence-corrected chi connectivity index (χ3v) is 5.49. The van der Waals surface area contributed by atoms with E-state index >= 15 is 0 Å². The molecule has 3 heterocycles. The molecule has 4 rings (SSSR count). The summed E-state index contributed by atoms with van der Waals surface area (Å²) in [6.45, 7) is 9.75. The van der Waals surface area contributed by atoms with Crippen LogP contribution in [-0.2, 0) is 4.74 Å². The maximum absolute atomic E-state index is 12.9. The molecular weight excluding hydrogens is 448 g/mol. The lowest BCUT2D eigenvalue weighted by atomic mass is 10.1. The summed E-state index contributed by atoms with van der Waals surface area (Å²) in [6, 6.07) is 7.54. The van der Waals surface area contributed by atoms with Gasteiger partial charge in [0.25, 0.3) is 5.91 Å². The van der Waals surface area contributed by atoms with Gasteiger partial charge in [-0.3, -0.25) is 4.79 Å². The van der Waals surface area contributed by atoms with Crippen molar-refractivity contribution in [3.8, 4) is 5.88 Å². The highest BCUT2D eigenvalue weighted by atomic mass is 16.6. The Kier molecular flexibility index (Phi) is 6.72. The summed E-state index contributed by atoms with van der Waals surface area (Å²) in [6.07, 6.45) is 2.72. The van der Waals surface area contributed by atoms with Gasteiger partial charge in [-0.15, -0.1) is 0 Å². The number of ether oxygens (including phenoxy) is 2. The van der Waals surface area contributed by atoms with Crippen LogP contribution in [-0.4, -0.2) is 70.7 Å². The molecule has 0 spiro atoms. The molecule has 2 amide bonds. The van der Waals surface area contributed by atoms with Crippen molar-refractivity contribution in [1.29, 1.82) is 0 Å². The number of amides is 2. The molecule has 1 saturated heterocycles. The number of nitrogens with one attached hydrogen (secondary N) is 1. The number of pyridine rings is 1. The number of methoxy groups -OCH3 is 1. The molecule has 10 heteroatoms. The second kappa shape index (κ2) is 9.73. The largest absolute Gasteiger partial charge is 0.481 e. The van der Waals surface area contributed by atoms with Crippen LogP contribution < -0.4 is 15.0 Å². The molecule has 0 atom stereocenters. The van der Waals surface area contributed by atoms with E-state index in [1.807, 2.05) is 50.8 Å². The van der Waals surface area contributed by atoms with Gasteiger partial charge in [0.2, 0.25) is 5.88 Å². The van der Waals surface area contributed by atoms with Crippen molar-refractivity contribution in [2.45, 2.75) is 33.3 Å². The van der Waals surface area contributed by atoms with Crippen molar-refractivity contribution in [3.05, 3.63) is 47.9 Å². The van der Waals surface area contributed by atoms with Gasteiger partial charge in [0.05, 0.1) is 30.7 Å². The van der Waals surface area contributed by atoms with E-state index in [0.717, 1.165) is 10.9 Å². The number of hydrogen-bond donors (Lipinski definition) is 1. The Morgan fingerprint density at radius 2 is 1.77 bits per heavy atom. The first kappa shape index (κ1) is 24.2. The zero-order valence-electron chi connectivity index (χ0n) is 20.7. The van der Waals surface area contributed by atoms with Crippen molar-refractivity contribution in [2.75, 3.05) is 43.5 Å². The maximum atomic E-state index is 12.9.